The van der Waals surface area contributed by atoms with Crippen LogP contribution < -0.4 is 16.4 Å². The number of amides is 1. The number of nitrogens with two attached hydrogens (primary N) is 1. The molecule has 0 aliphatic carbocycles. The topological polar surface area (TPSA) is 67.2 Å². The quantitative estimate of drug-likeness (QED) is 0.518. The van der Waals surface area contributed by atoms with E-state index in [0.29, 0.717) is 5.92 Å². The van der Waals surface area contributed by atoms with Crippen molar-refractivity contribution in [3.63, 3.8) is 0 Å². The lowest BCUT2D eigenvalue weighted by Crippen LogP contribution is -2.57. The van der Waals surface area contributed by atoms with Crippen LogP contribution in [-0.2, 0) is 6.18 Å². The number of hydrogen-bond acceptors (Lipinski definition) is 3. The summed E-state index contributed by atoms with van der Waals surface area (Å²) in [5.41, 5.74) is 4.04. The van der Waals surface area contributed by atoms with Gasteiger partial charge in [-0.05, 0) is 49.9 Å². The molecule has 3 unspecified atom stereocenters. The van der Waals surface area contributed by atoms with Crippen LogP contribution in [0.25, 0.3) is 0 Å². The third kappa shape index (κ3) is 5.15. The number of hydrogen-bond donors (Lipinski definition) is 3. The van der Waals surface area contributed by atoms with Crippen LogP contribution in [0.3, 0.4) is 0 Å². The van der Waals surface area contributed by atoms with Gasteiger partial charge in [0.15, 0.2) is 0 Å². The molecule has 1 saturated heterocycles. The molecule has 3 atom stereocenters. The molecule has 4 nitrogen and oxygen atoms in total. The lowest BCUT2D eigenvalue weighted by Gasteiger charge is -2.44. The molecule has 1 aliphatic heterocycles. The number of nitrogens with one attached hydrogen (secondary N) is 2. The largest absolute Gasteiger partial charge is 0.418 e. The number of benzene rings is 2. The van der Waals surface area contributed by atoms with E-state index in [1.807, 2.05) is 37.3 Å². The number of carbonyl (C=O) groups excluding carboxylic acids is 1. The SMILES string of the molecule is CCC1CCC(C)(C(NC(=O)c2cc(Cl)c(N)c(C(F)(F)F)c2)c2ccccc2)NC1. The number of carbonyl (C=O) groups is 1. The molecule has 4 N–H and O–H groups in total. The van der Waals surface area contributed by atoms with Crippen LogP contribution in [0.4, 0.5) is 18.9 Å². The molecule has 1 heterocycles. The second kappa shape index (κ2) is 9.09. The van der Waals surface area contributed by atoms with E-state index in [1.165, 1.54) is 6.07 Å². The number of halogens is 4. The molecular formula is C23H27ClF3N3O. The first-order valence-electron chi connectivity index (χ1n) is 10.3. The van der Waals surface area contributed by atoms with Crippen molar-refractivity contribution in [3.05, 3.63) is 64.2 Å². The highest BCUT2D eigenvalue weighted by Crippen LogP contribution is 2.39. The minimum atomic E-state index is -4.71. The van der Waals surface area contributed by atoms with Crippen LogP contribution in [0.1, 0.15) is 60.6 Å². The molecule has 0 spiro atoms. The van der Waals surface area contributed by atoms with E-state index < -0.39 is 34.9 Å². The Morgan fingerprint density at radius 3 is 2.55 bits per heavy atom. The van der Waals surface area contributed by atoms with E-state index in [2.05, 4.69) is 17.6 Å². The summed E-state index contributed by atoms with van der Waals surface area (Å²) in [6, 6.07) is 10.9. The summed E-state index contributed by atoms with van der Waals surface area (Å²) in [5.74, 6) is -0.0765. The van der Waals surface area contributed by atoms with E-state index in [9.17, 15) is 18.0 Å². The van der Waals surface area contributed by atoms with Crippen molar-refractivity contribution in [3.8, 4) is 0 Å². The van der Waals surface area contributed by atoms with Gasteiger partial charge in [0.25, 0.3) is 5.91 Å². The van der Waals surface area contributed by atoms with Crippen molar-refractivity contribution in [1.82, 2.24) is 10.6 Å². The summed E-state index contributed by atoms with van der Waals surface area (Å²) in [5, 5.41) is 6.22. The molecule has 8 heteroatoms. The molecule has 31 heavy (non-hydrogen) atoms. The number of nitrogen functional groups attached to an aromatic ring is 1. The highest BCUT2D eigenvalue weighted by Gasteiger charge is 2.40. The normalized spacial score (nSPS) is 22.7. The summed E-state index contributed by atoms with van der Waals surface area (Å²) in [6.07, 6.45) is -1.82. The summed E-state index contributed by atoms with van der Waals surface area (Å²) >= 11 is 5.91. The van der Waals surface area contributed by atoms with E-state index in [1.54, 1.807) is 0 Å². The Kier molecular flexibility index (Phi) is 6.86. The second-order valence-electron chi connectivity index (χ2n) is 8.35. The Labute approximate surface area is 185 Å². The van der Waals surface area contributed by atoms with Crippen LogP contribution in [0, 0.1) is 5.92 Å². The van der Waals surface area contributed by atoms with Gasteiger partial charge in [0.05, 0.1) is 22.3 Å². The van der Waals surface area contributed by atoms with Gasteiger partial charge in [-0.15, -0.1) is 0 Å². The second-order valence-corrected chi connectivity index (χ2v) is 8.75. The fourth-order valence-electron chi connectivity index (χ4n) is 4.12. The summed E-state index contributed by atoms with van der Waals surface area (Å²) < 4.78 is 40.0. The van der Waals surface area contributed by atoms with Gasteiger partial charge >= 0.3 is 6.18 Å². The van der Waals surface area contributed by atoms with E-state index in [0.717, 1.165) is 37.4 Å². The first-order chi connectivity index (χ1) is 14.5. The third-order valence-electron chi connectivity index (χ3n) is 6.19. The number of alkyl halides is 3. The molecule has 0 aromatic heterocycles. The van der Waals surface area contributed by atoms with Crippen molar-refractivity contribution in [2.75, 3.05) is 12.3 Å². The van der Waals surface area contributed by atoms with Gasteiger partial charge in [-0.25, -0.2) is 0 Å². The number of anilines is 1. The van der Waals surface area contributed by atoms with E-state index in [4.69, 9.17) is 17.3 Å². The highest BCUT2D eigenvalue weighted by molar-refractivity contribution is 6.33. The minimum Gasteiger partial charge on any atom is -0.397 e. The molecule has 168 valence electrons. The maximum atomic E-state index is 13.3. The van der Waals surface area contributed by atoms with Crippen LogP contribution in [0.5, 0.6) is 0 Å². The smallest absolute Gasteiger partial charge is 0.397 e. The number of rotatable bonds is 5. The van der Waals surface area contributed by atoms with Crippen molar-refractivity contribution >= 4 is 23.2 Å². The molecule has 0 saturated carbocycles. The summed E-state index contributed by atoms with van der Waals surface area (Å²) in [4.78, 5) is 13.1. The molecule has 0 bridgehead atoms. The van der Waals surface area contributed by atoms with Gasteiger partial charge in [0.1, 0.15) is 0 Å². The Morgan fingerprint density at radius 2 is 2.00 bits per heavy atom. The highest BCUT2D eigenvalue weighted by atomic mass is 35.5. The molecule has 2 aromatic rings. The monoisotopic (exact) mass is 453 g/mol. The van der Waals surface area contributed by atoms with Crippen LogP contribution >= 0.6 is 11.6 Å². The van der Waals surface area contributed by atoms with E-state index in [-0.39, 0.29) is 10.6 Å². The first kappa shape index (κ1) is 23.4. The Balaban J connectivity index is 1.94. The first-order valence-corrected chi connectivity index (χ1v) is 10.7. The zero-order chi connectivity index (χ0) is 22.8. The van der Waals surface area contributed by atoms with E-state index >= 15 is 0 Å². The van der Waals surface area contributed by atoms with Crippen LogP contribution in [-0.4, -0.2) is 18.0 Å². The van der Waals surface area contributed by atoms with Crippen LogP contribution in [0.2, 0.25) is 5.02 Å². The van der Waals surface area contributed by atoms with Gasteiger partial charge in [0.2, 0.25) is 0 Å². The maximum Gasteiger partial charge on any atom is 0.418 e. The lowest BCUT2D eigenvalue weighted by atomic mass is 9.77. The summed E-state index contributed by atoms with van der Waals surface area (Å²) in [7, 11) is 0. The van der Waals surface area contributed by atoms with Gasteiger partial charge in [-0.2, -0.15) is 13.2 Å². The van der Waals surface area contributed by atoms with Gasteiger partial charge in [-0.1, -0.05) is 55.3 Å². The number of piperidine rings is 1. The molecule has 1 fully saturated rings. The van der Waals surface area contributed by atoms with Crippen molar-refractivity contribution in [2.45, 2.75) is 50.9 Å². The zero-order valence-corrected chi connectivity index (χ0v) is 18.3. The minimum absolute atomic E-state index is 0.182. The average Bonchev–Trinajstić information content (AvgIpc) is 2.74. The van der Waals surface area contributed by atoms with Gasteiger partial charge < -0.3 is 16.4 Å². The third-order valence-corrected chi connectivity index (χ3v) is 6.50. The molecular weight excluding hydrogens is 427 g/mol. The molecule has 3 rings (SSSR count). The Bertz CT molecular complexity index is 926. The standard InChI is InChI=1S/C23H27ClF3N3O/c1-3-14-9-10-22(2,29-13-14)20(15-7-5-4-6-8-15)30-21(31)16-11-17(23(25,26)27)19(28)18(24)12-16/h4-8,11-12,14,20,29H,3,9-10,13,28H2,1-2H3,(H,30,31). The predicted molar refractivity (Wildman–Crippen MR) is 117 cm³/mol. The van der Waals surface area contributed by atoms with Gasteiger partial charge in [0, 0.05) is 11.1 Å². The van der Waals surface area contributed by atoms with Crippen molar-refractivity contribution in [2.24, 2.45) is 5.92 Å². The fraction of sp³-hybridized carbons (Fsp3) is 0.435. The average molecular weight is 454 g/mol. The summed E-state index contributed by atoms with van der Waals surface area (Å²) in [6.45, 7) is 5.00. The molecule has 2 aromatic carbocycles. The Morgan fingerprint density at radius 1 is 1.32 bits per heavy atom. The lowest BCUT2D eigenvalue weighted by molar-refractivity contribution is -0.136. The molecule has 0 radical (unpaired) electrons. The van der Waals surface area contributed by atoms with Crippen molar-refractivity contribution in [1.29, 1.82) is 0 Å². The molecule has 1 aliphatic rings. The zero-order valence-electron chi connectivity index (χ0n) is 17.5. The molecule has 1 amide bonds. The van der Waals surface area contributed by atoms with Crippen molar-refractivity contribution < 1.29 is 18.0 Å². The fourth-order valence-corrected chi connectivity index (χ4v) is 4.34. The van der Waals surface area contributed by atoms with Crippen LogP contribution in [0.15, 0.2) is 42.5 Å². The maximum absolute atomic E-state index is 13.3. The predicted octanol–water partition coefficient (Wildman–Crippen LogP) is 5.58. The van der Waals surface area contributed by atoms with Gasteiger partial charge in [-0.3, -0.25) is 4.79 Å². The Hall–Kier alpha value is -2.25.